The zero-order valence-corrected chi connectivity index (χ0v) is 8.90. The maximum Gasteiger partial charge on any atom is 0.138 e. The molecule has 0 aliphatic carbocycles. The van der Waals surface area contributed by atoms with Gasteiger partial charge in [-0.1, -0.05) is 6.92 Å². The Balaban J connectivity index is 1.94. The van der Waals surface area contributed by atoms with Crippen molar-refractivity contribution in [3.63, 3.8) is 0 Å². The van der Waals surface area contributed by atoms with Gasteiger partial charge in [0.05, 0.1) is 0 Å². The second-order valence-corrected chi connectivity index (χ2v) is 4.28. The summed E-state index contributed by atoms with van der Waals surface area (Å²) in [5.41, 5.74) is 0. The van der Waals surface area contributed by atoms with Crippen molar-refractivity contribution in [1.29, 1.82) is 0 Å². The molecule has 0 radical (unpaired) electrons. The van der Waals surface area contributed by atoms with Gasteiger partial charge in [-0.05, 0) is 25.3 Å². The fraction of sp³-hybridized carbons (Fsp3) is 0.800. The van der Waals surface area contributed by atoms with Gasteiger partial charge in [0.25, 0.3) is 0 Å². The average Bonchev–Trinajstić information content (AvgIpc) is 2.52. The van der Waals surface area contributed by atoms with E-state index in [0.717, 1.165) is 24.7 Å². The summed E-state index contributed by atoms with van der Waals surface area (Å²) in [5, 5.41) is 7.61. The fourth-order valence-corrected chi connectivity index (χ4v) is 2.10. The molecule has 0 spiro atoms. The van der Waals surface area contributed by atoms with Crippen LogP contribution in [0.4, 0.5) is 0 Å². The molecule has 4 heteroatoms. The molecule has 1 aromatic rings. The zero-order valence-electron chi connectivity index (χ0n) is 8.90. The lowest BCUT2D eigenvalue weighted by atomic mass is 9.92. The van der Waals surface area contributed by atoms with E-state index in [-0.39, 0.29) is 0 Å². The van der Waals surface area contributed by atoms with Crippen LogP contribution >= 0.6 is 0 Å². The number of hydrogen-bond acceptors (Lipinski definition) is 3. The Morgan fingerprint density at radius 3 is 3.14 bits per heavy atom. The molecule has 0 saturated carbocycles. The Labute approximate surface area is 84.7 Å². The maximum absolute atomic E-state index is 4.25. The number of rotatable bonds is 2. The van der Waals surface area contributed by atoms with E-state index in [1.165, 1.54) is 12.8 Å². The van der Waals surface area contributed by atoms with Gasteiger partial charge in [0.1, 0.15) is 12.2 Å². The van der Waals surface area contributed by atoms with Gasteiger partial charge in [-0.3, -0.25) is 4.68 Å². The highest BCUT2D eigenvalue weighted by Crippen LogP contribution is 2.17. The lowest BCUT2D eigenvalue weighted by molar-refractivity contribution is 0.314. The van der Waals surface area contributed by atoms with Crippen molar-refractivity contribution < 1.29 is 0 Å². The van der Waals surface area contributed by atoms with Crippen LogP contribution in [0.2, 0.25) is 0 Å². The van der Waals surface area contributed by atoms with E-state index >= 15 is 0 Å². The molecule has 1 aliphatic rings. The molecule has 0 amide bonds. The van der Waals surface area contributed by atoms with Crippen molar-refractivity contribution in [2.45, 2.75) is 32.2 Å². The molecule has 4 nitrogen and oxygen atoms in total. The molecule has 14 heavy (non-hydrogen) atoms. The predicted octanol–water partition coefficient (Wildman–Crippen LogP) is 0.746. The molecule has 1 aromatic heterocycles. The highest BCUT2D eigenvalue weighted by atomic mass is 15.3. The summed E-state index contributed by atoms with van der Waals surface area (Å²) in [5.74, 6) is 1.92. The van der Waals surface area contributed by atoms with E-state index < -0.39 is 0 Å². The largest absolute Gasteiger partial charge is 0.314 e. The molecule has 1 saturated heterocycles. The first-order valence-corrected chi connectivity index (χ1v) is 5.32. The molecule has 2 unspecified atom stereocenters. The quantitative estimate of drug-likeness (QED) is 0.755. The topological polar surface area (TPSA) is 42.7 Å². The summed E-state index contributed by atoms with van der Waals surface area (Å²) in [6.07, 6.45) is 5.19. The van der Waals surface area contributed by atoms with Crippen molar-refractivity contribution in [2.75, 3.05) is 6.54 Å². The first-order chi connectivity index (χ1) is 6.75. The van der Waals surface area contributed by atoms with Crippen LogP contribution in [0.5, 0.6) is 0 Å². The van der Waals surface area contributed by atoms with Gasteiger partial charge in [-0.15, -0.1) is 0 Å². The number of piperidine rings is 1. The second-order valence-electron chi connectivity index (χ2n) is 4.28. The monoisotopic (exact) mass is 194 g/mol. The van der Waals surface area contributed by atoms with Gasteiger partial charge in [0, 0.05) is 19.5 Å². The van der Waals surface area contributed by atoms with Gasteiger partial charge < -0.3 is 5.32 Å². The minimum Gasteiger partial charge on any atom is -0.314 e. The van der Waals surface area contributed by atoms with Gasteiger partial charge in [-0.2, -0.15) is 5.10 Å². The first-order valence-electron chi connectivity index (χ1n) is 5.32. The van der Waals surface area contributed by atoms with Gasteiger partial charge >= 0.3 is 0 Å². The van der Waals surface area contributed by atoms with Crippen LogP contribution in [0.1, 0.15) is 25.6 Å². The third-order valence-electron chi connectivity index (χ3n) is 2.99. The van der Waals surface area contributed by atoms with Gasteiger partial charge in [0.15, 0.2) is 0 Å². The van der Waals surface area contributed by atoms with Gasteiger partial charge in [0.2, 0.25) is 0 Å². The van der Waals surface area contributed by atoms with Crippen LogP contribution in [0.25, 0.3) is 0 Å². The highest BCUT2D eigenvalue weighted by Gasteiger charge is 2.19. The zero-order chi connectivity index (χ0) is 9.97. The molecular weight excluding hydrogens is 176 g/mol. The summed E-state index contributed by atoms with van der Waals surface area (Å²) in [6, 6.07) is 0.585. The van der Waals surface area contributed by atoms with Crippen LogP contribution in [-0.4, -0.2) is 27.4 Å². The highest BCUT2D eigenvalue weighted by molar-refractivity contribution is 4.91. The third kappa shape index (κ3) is 2.12. The SMILES string of the molecule is CC1CCNC(Cc2ncnn2C)C1. The lowest BCUT2D eigenvalue weighted by Crippen LogP contribution is -2.39. The predicted molar refractivity (Wildman–Crippen MR) is 54.9 cm³/mol. The number of aryl methyl sites for hydroxylation is 1. The first kappa shape index (κ1) is 9.65. The molecule has 78 valence electrons. The van der Waals surface area contributed by atoms with E-state index in [1.54, 1.807) is 6.33 Å². The lowest BCUT2D eigenvalue weighted by Gasteiger charge is -2.27. The second kappa shape index (κ2) is 4.09. The van der Waals surface area contributed by atoms with Crippen LogP contribution in [-0.2, 0) is 13.5 Å². The van der Waals surface area contributed by atoms with Crippen molar-refractivity contribution in [2.24, 2.45) is 13.0 Å². The summed E-state index contributed by atoms with van der Waals surface area (Å²) in [4.78, 5) is 4.25. The number of aromatic nitrogens is 3. The Morgan fingerprint density at radius 2 is 2.50 bits per heavy atom. The van der Waals surface area contributed by atoms with Crippen LogP contribution in [0.15, 0.2) is 6.33 Å². The molecular formula is C10H18N4. The van der Waals surface area contributed by atoms with Crippen LogP contribution in [0.3, 0.4) is 0 Å². The average molecular weight is 194 g/mol. The number of nitrogens with one attached hydrogen (secondary N) is 1. The molecule has 0 bridgehead atoms. The van der Waals surface area contributed by atoms with E-state index in [1.807, 2.05) is 11.7 Å². The maximum atomic E-state index is 4.25. The van der Waals surface area contributed by atoms with E-state index in [9.17, 15) is 0 Å². The smallest absolute Gasteiger partial charge is 0.138 e. The van der Waals surface area contributed by atoms with Crippen molar-refractivity contribution in [3.05, 3.63) is 12.2 Å². The van der Waals surface area contributed by atoms with E-state index in [4.69, 9.17) is 0 Å². The normalized spacial score (nSPS) is 27.9. The van der Waals surface area contributed by atoms with E-state index in [2.05, 4.69) is 22.3 Å². The van der Waals surface area contributed by atoms with Crippen LogP contribution < -0.4 is 5.32 Å². The number of hydrogen-bond donors (Lipinski definition) is 1. The standard InChI is InChI=1S/C10H18N4/c1-8-3-4-11-9(5-8)6-10-12-7-13-14(10)2/h7-9,11H,3-6H2,1-2H3. The Hall–Kier alpha value is -0.900. The summed E-state index contributed by atoms with van der Waals surface area (Å²) < 4.78 is 1.86. The minimum atomic E-state index is 0.585. The minimum absolute atomic E-state index is 0.585. The molecule has 0 aromatic carbocycles. The van der Waals surface area contributed by atoms with E-state index in [0.29, 0.717) is 6.04 Å². The molecule has 1 aliphatic heterocycles. The van der Waals surface area contributed by atoms with Gasteiger partial charge in [-0.25, -0.2) is 4.98 Å². The van der Waals surface area contributed by atoms with Crippen molar-refractivity contribution in [3.8, 4) is 0 Å². The Morgan fingerprint density at radius 1 is 1.64 bits per heavy atom. The molecule has 2 rings (SSSR count). The number of nitrogens with zero attached hydrogens (tertiary/aromatic N) is 3. The third-order valence-corrected chi connectivity index (χ3v) is 2.99. The molecule has 2 heterocycles. The van der Waals surface area contributed by atoms with Crippen molar-refractivity contribution in [1.82, 2.24) is 20.1 Å². The molecule has 2 atom stereocenters. The summed E-state index contributed by atoms with van der Waals surface area (Å²) in [6.45, 7) is 3.47. The molecule has 1 N–H and O–H groups in total. The van der Waals surface area contributed by atoms with Crippen LogP contribution in [0, 0.1) is 5.92 Å². The van der Waals surface area contributed by atoms with Crippen molar-refractivity contribution >= 4 is 0 Å². The summed E-state index contributed by atoms with van der Waals surface area (Å²) in [7, 11) is 1.95. The summed E-state index contributed by atoms with van der Waals surface area (Å²) >= 11 is 0. The fourth-order valence-electron chi connectivity index (χ4n) is 2.10. The molecule has 1 fully saturated rings. The Bertz CT molecular complexity index is 294. The Kier molecular flexibility index (Phi) is 2.82.